The van der Waals surface area contributed by atoms with Crippen LogP contribution in [0.2, 0.25) is 0 Å². The topological polar surface area (TPSA) is 0 Å². The molecule has 0 nitrogen and oxygen atoms in total. The van der Waals surface area contributed by atoms with E-state index in [-0.39, 0.29) is 0 Å². The molecule has 0 saturated carbocycles. The Kier molecular flexibility index (Phi) is 8.63. The number of aryl methyl sites for hydroxylation is 1. The van der Waals surface area contributed by atoms with Crippen molar-refractivity contribution in [2.45, 2.75) is 78.1 Å². The third-order valence-corrected chi connectivity index (χ3v) is 8.27. The lowest BCUT2D eigenvalue weighted by Gasteiger charge is -2.09. The average molecular weight is 417 g/mol. The van der Waals surface area contributed by atoms with Gasteiger partial charge in [-0.15, -0.1) is 34.0 Å². The summed E-state index contributed by atoms with van der Waals surface area (Å²) in [4.78, 5) is 4.45. The van der Waals surface area contributed by atoms with Crippen molar-refractivity contribution in [3.8, 4) is 20.2 Å². The van der Waals surface area contributed by atoms with Gasteiger partial charge >= 0.3 is 0 Å². The van der Waals surface area contributed by atoms with E-state index < -0.39 is 0 Å². The summed E-state index contributed by atoms with van der Waals surface area (Å²) in [6.07, 6.45) is 13.3. The van der Waals surface area contributed by atoms with Crippen molar-refractivity contribution < 1.29 is 0 Å². The van der Waals surface area contributed by atoms with Crippen molar-refractivity contribution in [1.29, 1.82) is 0 Å². The normalized spacial score (nSPS) is 11.3. The Balaban J connectivity index is 1.83. The summed E-state index contributed by atoms with van der Waals surface area (Å²) in [6, 6.07) is 6.74. The van der Waals surface area contributed by atoms with Crippen molar-refractivity contribution >= 4 is 34.0 Å². The van der Waals surface area contributed by atoms with Gasteiger partial charge in [-0.05, 0) is 65.1 Å². The van der Waals surface area contributed by atoms with Gasteiger partial charge in [0.25, 0.3) is 0 Å². The van der Waals surface area contributed by atoms with E-state index in [1.807, 2.05) is 34.0 Å². The molecule has 0 amide bonds. The summed E-state index contributed by atoms with van der Waals surface area (Å²) in [5.74, 6) is 0. The van der Waals surface area contributed by atoms with Crippen LogP contribution < -0.4 is 0 Å². The Labute approximate surface area is 177 Å². The van der Waals surface area contributed by atoms with Crippen LogP contribution in [-0.2, 0) is 12.8 Å². The monoisotopic (exact) mass is 416 g/mol. The van der Waals surface area contributed by atoms with E-state index >= 15 is 0 Å². The second kappa shape index (κ2) is 11.2. The Bertz CT molecular complexity index is 777. The van der Waals surface area contributed by atoms with Crippen molar-refractivity contribution in [2.24, 2.45) is 0 Å². The van der Waals surface area contributed by atoms with E-state index in [1.54, 1.807) is 16.0 Å². The van der Waals surface area contributed by atoms with Gasteiger partial charge in [-0.3, -0.25) is 0 Å². The van der Waals surface area contributed by atoms with Gasteiger partial charge in [0, 0.05) is 15.3 Å². The molecule has 3 heteroatoms. The van der Waals surface area contributed by atoms with E-state index in [9.17, 15) is 0 Å². The quantitative estimate of drug-likeness (QED) is 0.258. The predicted molar refractivity (Wildman–Crippen MR) is 127 cm³/mol. The van der Waals surface area contributed by atoms with E-state index in [2.05, 4.69) is 48.2 Å². The largest absolute Gasteiger partial charge is 0.144 e. The molecule has 0 aromatic carbocycles. The summed E-state index contributed by atoms with van der Waals surface area (Å²) in [5, 5.41) is 6.93. The van der Waals surface area contributed by atoms with Crippen molar-refractivity contribution in [3.05, 3.63) is 45.5 Å². The molecule has 0 aliphatic rings. The van der Waals surface area contributed by atoms with Crippen molar-refractivity contribution in [1.82, 2.24) is 0 Å². The van der Waals surface area contributed by atoms with Crippen molar-refractivity contribution in [3.63, 3.8) is 0 Å². The zero-order valence-electron chi connectivity index (χ0n) is 16.8. The highest BCUT2D eigenvalue weighted by Crippen LogP contribution is 2.44. The summed E-state index contributed by atoms with van der Waals surface area (Å²) < 4.78 is 0. The second-order valence-electron chi connectivity index (χ2n) is 7.33. The van der Waals surface area contributed by atoms with Crippen LogP contribution in [0.1, 0.15) is 76.3 Å². The van der Waals surface area contributed by atoms with Crippen LogP contribution >= 0.6 is 34.0 Å². The van der Waals surface area contributed by atoms with Gasteiger partial charge in [-0.1, -0.05) is 58.4 Å². The highest BCUT2D eigenvalue weighted by Gasteiger charge is 2.18. The highest BCUT2D eigenvalue weighted by atomic mass is 32.1. The molecule has 3 aromatic heterocycles. The average Bonchev–Trinajstić information content (AvgIpc) is 3.42. The zero-order chi connectivity index (χ0) is 18.9. The van der Waals surface area contributed by atoms with Crippen LogP contribution in [0.5, 0.6) is 0 Å². The van der Waals surface area contributed by atoms with Crippen LogP contribution in [0.3, 0.4) is 0 Å². The second-order valence-corrected chi connectivity index (χ2v) is 10.1. The lowest BCUT2D eigenvalue weighted by atomic mass is 9.97. The lowest BCUT2D eigenvalue weighted by molar-refractivity contribution is 0.652. The Hall–Kier alpha value is -0.900. The molecule has 146 valence electrons. The molecule has 0 unspecified atom stereocenters. The first-order valence-corrected chi connectivity index (χ1v) is 13.2. The van der Waals surface area contributed by atoms with E-state index in [0.29, 0.717) is 0 Å². The standard InChI is InChI=1S/C24H32S3/c1-3-5-7-9-12-19-18-27-23(20(19)13-10-8-6-4-2)24-21(15-17-26-24)22-14-11-16-25-22/h11,14-18H,3-10,12-13H2,1-2H3. The SMILES string of the molecule is CCCCCCc1csc(-c2sccc2-c2cccs2)c1CCCCCC. The maximum atomic E-state index is 2.47. The van der Waals surface area contributed by atoms with E-state index in [4.69, 9.17) is 0 Å². The number of hydrogen-bond donors (Lipinski definition) is 0. The fourth-order valence-corrected chi connectivity index (χ4v) is 6.77. The van der Waals surface area contributed by atoms with Gasteiger partial charge < -0.3 is 0 Å². The first kappa shape index (κ1) is 20.8. The molecule has 3 aromatic rings. The summed E-state index contributed by atoms with van der Waals surface area (Å²) >= 11 is 5.77. The number of thiophene rings is 3. The molecule has 0 saturated heterocycles. The molecule has 0 radical (unpaired) electrons. The molecule has 0 atom stereocenters. The molecular formula is C24H32S3. The van der Waals surface area contributed by atoms with Gasteiger partial charge in [-0.2, -0.15) is 0 Å². The van der Waals surface area contributed by atoms with Crippen LogP contribution in [0.15, 0.2) is 34.3 Å². The predicted octanol–water partition coefficient (Wildman–Crippen LogP) is 9.45. The molecule has 0 aliphatic heterocycles. The third kappa shape index (κ3) is 5.56. The maximum Gasteiger partial charge on any atom is 0.0531 e. The van der Waals surface area contributed by atoms with Crippen LogP contribution in [0.25, 0.3) is 20.2 Å². The molecule has 0 aliphatic carbocycles. The first-order valence-electron chi connectivity index (χ1n) is 10.6. The van der Waals surface area contributed by atoms with Crippen LogP contribution in [0.4, 0.5) is 0 Å². The summed E-state index contributed by atoms with van der Waals surface area (Å²) in [7, 11) is 0. The third-order valence-electron chi connectivity index (χ3n) is 5.22. The van der Waals surface area contributed by atoms with E-state index in [1.165, 1.54) is 79.5 Å². The molecule has 3 rings (SSSR count). The molecular weight excluding hydrogens is 384 g/mol. The Morgan fingerprint density at radius 3 is 2.19 bits per heavy atom. The smallest absolute Gasteiger partial charge is 0.0531 e. The molecule has 0 N–H and O–H groups in total. The van der Waals surface area contributed by atoms with Gasteiger partial charge in [-0.25, -0.2) is 0 Å². The molecule has 3 heterocycles. The van der Waals surface area contributed by atoms with Gasteiger partial charge in [0.15, 0.2) is 0 Å². The summed E-state index contributed by atoms with van der Waals surface area (Å²) in [5.41, 5.74) is 4.73. The van der Waals surface area contributed by atoms with Gasteiger partial charge in [0.05, 0.1) is 4.88 Å². The fourth-order valence-electron chi connectivity index (χ4n) is 3.67. The maximum absolute atomic E-state index is 2.47. The van der Waals surface area contributed by atoms with Gasteiger partial charge in [0.1, 0.15) is 0 Å². The highest BCUT2D eigenvalue weighted by molar-refractivity contribution is 7.21. The van der Waals surface area contributed by atoms with Crippen molar-refractivity contribution in [2.75, 3.05) is 0 Å². The zero-order valence-corrected chi connectivity index (χ0v) is 19.2. The molecule has 0 spiro atoms. The van der Waals surface area contributed by atoms with Gasteiger partial charge in [0.2, 0.25) is 0 Å². The van der Waals surface area contributed by atoms with Crippen LogP contribution in [0, 0.1) is 0 Å². The minimum atomic E-state index is 1.25. The fraction of sp³-hybridized carbons (Fsp3) is 0.500. The number of unbranched alkanes of at least 4 members (excludes halogenated alkanes) is 6. The minimum Gasteiger partial charge on any atom is -0.144 e. The number of rotatable bonds is 12. The molecule has 0 fully saturated rings. The van der Waals surface area contributed by atoms with Crippen LogP contribution in [-0.4, -0.2) is 0 Å². The molecule has 27 heavy (non-hydrogen) atoms. The first-order chi connectivity index (χ1) is 13.3. The number of hydrogen-bond acceptors (Lipinski definition) is 3. The Morgan fingerprint density at radius 2 is 1.48 bits per heavy atom. The lowest BCUT2D eigenvalue weighted by Crippen LogP contribution is -1.94. The summed E-state index contributed by atoms with van der Waals surface area (Å²) in [6.45, 7) is 4.60. The van der Waals surface area contributed by atoms with E-state index in [0.717, 1.165) is 0 Å². The molecule has 0 bridgehead atoms. The Morgan fingerprint density at radius 1 is 0.704 bits per heavy atom. The minimum absolute atomic E-state index is 1.25.